The van der Waals surface area contributed by atoms with Crippen molar-refractivity contribution in [2.75, 3.05) is 16.8 Å². The average molecular weight is 347 g/mol. The number of rotatable bonds is 1. The van der Waals surface area contributed by atoms with Gasteiger partial charge in [-0.05, 0) is 28.1 Å². The van der Waals surface area contributed by atoms with Crippen LogP contribution in [0.1, 0.15) is 0 Å². The molecule has 4 nitrogen and oxygen atoms in total. The second kappa shape index (κ2) is 4.54. The molecule has 0 unspecified atom stereocenters. The third kappa shape index (κ3) is 2.44. The Balaban J connectivity index is 1.76. The fourth-order valence-corrected chi connectivity index (χ4v) is 6.15. The van der Waals surface area contributed by atoms with Gasteiger partial charge < -0.3 is 5.32 Å². The van der Waals surface area contributed by atoms with Gasteiger partial charge in [-0.2, -0.15) is 0 Å². The second-order valence-electron chi connectivity index (χ2n) is 4.34. The normalized spacial score (nSPS) is 28.8. The molecule has 0 aliphatic carbocycles. The number of sulfone groups is 1. The summed E-state index contributed by atoms with van der Waals surface area (Å²) in [6.07, 6.45) is 0. The Morgan fingerprint density at radius 3 is 2.83 bits per heavy atom. The molecule has 0 aromatic heterocycles. The van der Waals surface area contributed by atoms with Crippen LogP contribution in [0.15, 0.2) is 33.7 Å². The molecule has 2 heterocycles. The minimum Gasteiger partial charge on any atom is -0.334 e. The van der Waals surface area contributed by atoms with Crippen LogP contribution in [0.2, 0.25) is 0 Å². The Morgan fingerprint density at radius 1 is 1.33 bits per heavy atom. The number of para-hydroxylation sites is 1. The lowest BCUT2D eigenvalue weighted by Crippen LogP contribution is -2.13. The number of anilines is 1. The van der Waals surface area contributed by atoms with Crippen LogP contribution in [0.25, 0.3) is 0 Å². The van der Waals surface area contributed by atoms with Crippen LogP contribution >= 0.6 is 27.7 Å². The standard InChI is InChI=1S/C11H11BrN2O2S2/c12-7-3-1-2-4-8(7)13-11-14-9-5-18(15,16)6-10(9)17-11/h1-4,9-10H,5-6H2,(H,13,14)/t9-,10+/m0/s1. The zero-order valence-electron chi connectivity index (χ0n) is 9.34. The van der Waals surface area contributed by atoms with E-state index in [1.165, 1.54) is 11.8 Å². The van der Waals surface area contributed by atoms with Crippen LogP contribution < -0.4 is 5.32 Å². The number of hydrogen-bond donors (Lipinski definition) is 1. The SMILES string of the molecule is O=S1(=O)C[C@@H]2N=C(Nc3ccccc3Br)S[C@@H]2C1. The highest BCUT2D eigenvalue weighted by Gasteiger charge is 2.42. The van der Waals surface area contributed by atoms with Gasteiger partial charge in [-0.25, -0.2) is 8.42 Å². The van der Waals surface area contributed by atoms with Gasteiger partial charge in [-0.1, -0.05) is 23.9 Å². The molecule has 1 aromatic rings. The van der Waals surface area contributed by atoms with Crippen LogP contribution in [0, 0.1) is 0 Å². The van der Waals surface area contributed by atoms with Crippen LogP contribution in [-0.4, -0.2) is 36.4 Å². The third-order valence-electron chi connectivity index (χ3n) is 2.93. The van der Waals surface area contributed by atoms with Crippen molar-refractivity contribution in [1.29, 1.82) is 0 Å². The Kier molecular flexibility index (Phi) is 3.15. The summed E-state index contributed by atoms with van der Waals surface area (Å²) in [5.41, 5.74) is 0.951. The number of hydrogen-bond acceptors (Lipinski definition) is 5. The van der Waals surface area contributed by atoms with Crippen molar-refractivity contribution >= 4 is 48.4 Å². The highest BCUT2D eigenvalue weighted by atomic mass is 79.9. The molecule has 0 saturated carbocycles. The van der Waals surface area contributed by atoms with Gasteiger partial charge in [0.15, 0.2) is 15.0 Å². The minimum atomic E-state index is -2.87. The van der Waals surface area contributed by atoms with Crippen molar-refractivity contribution in [2.24, 2.45) is 4.99 Å². The second-order valence-corrected chi connectivity index (χ2v) is 8.58. The smallest absolute Gasteiger partial charge is 0.161 e. The lowest BCUT2D eigenvalue weighted by Gasteiger charge is -2.08. The summed E-state index contributed by atoms with van der Waals surface area (Å²) < 4.78 is 23.9. The predicted molar refractivity (Wildman–Crippen MR) is 79.0 cm³/mol. The van der Waals surface area contributed by atoms with Crippen molar-refractivity contribution in [3.05, 3.63) is 28.7 Å². The largest absolute Gasteiger partial charge is 0.334 e. The molecule has 2 atom stereocenters. The van der Waals surface area contributed by atoms with E-state index < -0.39 is 9.84 Å². The van der Waals surface area contributed by atoms with Gasteiger partial charge in [0.1, 0.15) is 0 Å². The van der Waals surface area contributed by atoms with Gasteiger partial charge in [0.2, 0.25) is 0 Å². The molecule has 7 heteroatoms. The average Bonchev–Trinajstić information content (AvgIpc) is 2.74. The first-order valence-electron chi connectivity index (χ1n) is 5.50. The van der Waals surface area contributed by atoms with Gasteiger partial charge in [0.05, 0.1) is 23.2 Å². The van der Waals surface area contributed by atoms with Crippen molar-refractivity contribution in [3.8, 4) is 0 Å². The van der Waals surface area contributed by atoms with Crippen LogP contribution in [0.4, 0.5) is 5.69 Å². The van der Waals surface area contributed by atoms with Gasteiger partial charge in [0.25, 0.3) is 0 Å². The maximum atomic E-state index is 11.5. The van der Waals surface area contributed by atoms with Gasteiger partial charge in [0, 0.05) is 9.72 Å². The molecular weight excluding hydrogens is 336 g/mol. The number of halogens is 1. The molecule has 1 N–H and O–H groups in total. The van der Waals surface area contributed by atoms with E-state index in [4.69, 9.17) is 0 Å². The molecule has 1 saturated heterocycles. The van der Waals surface area contributed by atoms with Crippen molar-refractivity contribution < 1.29 is 8.42 Å². The van der Waals surface area contributed by atoms with Gasteiger partial charge >= 0.3 is 0 Å². The molecule has 0 spiro atoms. The lowest BCUT2D eigenvalue weighted by molar-refractivity contribution is 0.601. The Hall–Kier alpha value is -0.530. The Bertz CT molecular complexity index is 615. The summed E-state index contributed by atoms with van der Waals surface area (Å²) in [5, 5.41) is 4.13. The van der Waals surface area contributed by atoms with E-state index in [0.717, 1.165) is 15.3 Å². The molecule has 1 aromatic carbocycles. The number of aliphatic imine (C=N–C) groups is 1. The number of nitrogens with one attached hydrogen (secondary N) is 1. The van der Waals surface area contributed by atoms with Gasteiger partial charge in [-0.3, -0.25) is 4.99 Å². The van der Waals surface area contributed by atoms with Crippen LogP contribution in [0.5, 0.6) is 0 Å². The fraction of sp³-hybridized carbons (Fsp3) is 0.364. The number of nitrogens with zero attached hydrogens (tertiary/aromatic N) is 1. The van der Waals surface area contributed by atoms with Gasteiger partial charge in [-0.15, -0.1) is 0 Å². The summed E-state index contributed by atoms with van der Waals surface area (Å²) in [4.78, 5) is 4.45. The van der Waals surface area contributed by atoms with Crippen molar-refractivity contribution in [2.45, 2.75) is 11.3 Å². The molecule has 96 valence electrons. The number of amidine groups is 1. The molecule has 0 radical (unpaired) electrons. The summed E-state index contributed by atoms with van der Waals surface area (Å²) in [6, 6.07) is 7.72. The number of thioether (sulfide) groups is 1. The molecule has 0 bridgehead atoms. The lowest BCUT2D eigenvalue weighted by atomic mass is 10.3. The molecular formula is C11H11BrN2O2S2. The van der Waals surface area contributed by atoms with E-state index in [2.05, 4.69) is 26.2 Å². The van der Waals surface area contributed by atoms with E-state index in [1.54, 1.807) is 0 Å². The topological polar surface area (TPSA) is 58.5 Å². The molecule has 18 heavy (non-hydrogen) atoms. The molecule has 2 aliphatic heterocycles. The van der Waals surface area contributed by atoms with E-state index in [0.29, 0.717) is 0 Å². The van der Waals surface area contributed by atoms with Crippen LogP contribution in [-0.2, 0) is 9.84 Å². The highest BCUT2D eigenvalue weighted by Crippen LogP contribution is 2.35. The molecule has 0 amide bonds. The summed E-state index contributed by atoms with van der Waals surface area (Å²) >= 11 is 4.99. The maximum absolute atomic E-state index is 11.5. The first-order valence-corrected chi connectivity index (χ1v) is 8.99. The zero-order chi connectivity index (χ0) is 12.8. The fourth-order valence-electron chi connectivity index (χ4n) is 2.09. The number of benzene rings is 1. The first-order chi connectivity index (χ1) is 8.53. The summed E-state index contributed by atoms with van der Waals surface area (Å²) in [6.45, 7) is 0. The summed E-state index contributed by atoms with van der Waals surface area (Å²) in [7, 11) is -2.87. The Labute approximate surface area is 118 Å². The minimum absolute atomic E-state index is 0.0787. The van der Waals surface area contributed by atoms with E-state index in [1.807, 2.05) is 24.3 Å². The molecule has 1 fully saturated rings. The molecule has 3 rings (SSSR count). The first kappa shape index (κ1) is 12.5. The van der Waals surface area contributed by atoms with Crippen molar-refractivity contribution in [1.82, 2.24) is 0 Å². The van der Waals surface area contributed by atoms with E-state index in [-0.39, 0.29) is 22.8 Å². The Morgan fingerprint density at radius 2 is 2.11 bits per heavy atom. The monoisotopic (exact) mass is 346 g/mol. The van der Waals surface area contributed by atoms with E-state index in [9.17, 15) is 8.42 Å². The van der Waals surface area contributed by atoms with Crippen molar-refractivity contribution in [3.63, 3.8) is 0 Å². The molecule has 2 aliphatic rings. The maximum Gasteiger partial charge on any atom is 0.161 e. The zero-order valence-corrected chi connectivity index (χ0v) is 12.6. The summed E-state index contributed by atoms with van der Waals surface area (Å²) in [5.74, 6) is 0.429. The highest BCUT2D eigenvalue weighted by molar-refractivity contribution is 9.10. The quantitative estimate of drug-likeness (QED) is 0.846. The van der Waals surface area contributed by atoms with Crippen LogP contribution in [0.3, 0.4) is 0 Å². The third-order valence-corrected chi connectivity index (χ3v) is 6.77. The van der Waals surface area contributed by atoms with E-state index >= 15 is 0 Å². The number of fused-ring (bicyclic) bond motifs is 1. The predicted octanol–water partition coefficient (Wildman–Crippen LogP) is 2.13.